The zero-order valence-corrected chi connectivity index (χ0v) is 17.3. The van der Waals surface area contributed by atoms with Gasteiger partial charge in [0.05, 0.1) is 13.2 Å². The molecule has 3 aromatic carbocycles. The van der Waals surface area contributed by atoms with Gasteiger partial charge in [0, 0.05) is 35.7 Å². The predicted molar refractivity (Wildman–Crippen MR) is 125 cm³/mol. The summed E-state index contributed by atoms with van der Waals surface area (Å²) >= 11 is 0. The second kappa shape index (κ2) is 9.84. The van der Waals surface area contributed by atoms with Crippen molar-refractivity contribution in [3.05, 3.63) is 90.0 Å². The van der Waals surface area contributed by atoms with Crippen molar-refractivity contribution in [2.75, 3.05) is 41.8 Å². The number of benzene rings is 3. The number of hydrogen-bond acceptors (Lipinski definition) is 4. The maximum atomic E-state index is 13.2. The Labute approximate surface area is 183 Å². The molecule has 1 aliphatic rings. The van der Waals surface area contributed by atoms with Crippen molar-refractivity contribution >= 4 is 23.0 Å². The lowest BCUT2D eigenvalue weighted by atomic mass is 10.0. The molecule has 0 bridgehead atoms. The van der Waals surface area contributed by atoms with Crippen LogP contribution in [-0.2, 0) is 9.53 Å². The van der Waals surface area contributed by atoms with Crippen molar-refractivity contribution in [3.63, 3.8) is 0 Å². The molecule has 0 aromatic heterocycles. The fourth-order valence-corrected chi connectivity index (χ4v) is 3.60. The molecule has 5 nitrogen and oxygen atoms in total. The van der Waals surface area contributed by atoms with Gasteiger partial charge < -0.3 is 20.3 Å². The average molecular weight is 412 g/mol. The molecule has 4 rings (SSSR count). The van der Waals surface area contributed by atoms with E-state index in [9.17, 15) is 4.79 Å². The number of carbonyl (C=O) groups excluding carboxylic acids is 1. The number of nitrogens with zero attached hydrogens (tertiary/aromatic N) is 1. The SMILES string of the molecule is C#Cc1cccc(NC(C(=O)Nc2ccc(N3CCOCC3)cc2)c2ccccc2)c1. The number of anilines is 3. The fraction of sp³-hybridized carbons (Fsp3) is 0.192. The number of ether oxygens (including phenoxy) is 1. The molecule has 1 saturated heterocycles. The summed E-state index contributed by atoms with van der Waals surface area (Å²) in [5.74, 6) is 2.49. The molecule has 31 heavy (non-hydrogen) atoms. The normalized spacial score (nSPS) is 14.4. The van der Waals surface area contributed by atoms with Crippen LogP contribution in [0.5, 0.6) is 0 Å². The first-order valence-corrected chi connectivity index (χ1v) is 10.3. The molecule has 0 aliphatic carbocycles. The van der Waals surface area contributed by atoms with Gasteiger partial charge in [0.2, 0.25) is 0 Å². The summed E-state index contributed by atoms with van der Waals surface area (Å²) in [5.41, 5.74) is 4.31. The van der Waals surface area contributed by atoms with Crippen molar-refractivity contribution in [2.45, 2.75) is 6.04 Å². The van der Waals surface area contributed by atoms with E-state index in [1.54, 1.807) is 0 Å². The van der Waals surface area contributed by atoms with Gasteiger partial charge in [-0.25, -0.2) is 0 Å². The van der Waals surface area contributed by atoms with E-state index in [1.807, 2.05) is 78.9 Å². The van der Waals surface area contributed by atoms with E-state index in [0.717, 1.165) is 54.5 Å². The lowest BCUT2D eigenvalue weighted by Gasteiger charge is -2.29. The molecule has 1 atom stereocenters. The van der Waals surface area contributed by atoms with E-state index in [2.05, 4.69) is 21.5 Å². The molecule has 0 saturated carbocycles. The summed E-state index contributed by atoms with van der Waals surface area (Å²) in [4.78, 5) is 15.5. The highest BCUT2D eigenvalue weighted by Crippen LogP contribution is 2.24. The maximum absolute atomic E-state index is 13.2. The summed E-state index contributed by atoms with van der Waals surface area (Å²) in [6, 6.07) is 24.5. The van der Waals surface area contributed by atoms with Crippen molar-refractivity contribution in [2.24, 2.45) is 0 Å². The van der Waals surface area contributed by atoms with Crippen LogP contribution in [0.2, 0.25) is 0 Å². The molecule has 0 spiro atoms. The minimum atomic E-state index is -0.562. The quantitative estimate of drug-likeness (QED) is 0.594. The molecule has 1 unspecified atom stereocenters. The third-order valence-corrected chi connectivity index (χ3v) is 5.25. The van der Waals surface area contributed by atoms with E-state index in [4.69, 9.17) is 11.2 Å². The maximum Gasteiger partial charge on any atom is 0.251 e. The Morgan fingerprint density at radius 2 is 1.68 bits per heavy atom. The number of rotatable bonds is 6. The van der Waals surface area contributed by atoms with Crippen molar-refractivity contribution in [3.8, 4) is 12.3 Å². The molecule has 5 heteroatoms. The molecule has 1 aliphatic heterocycles. The first-order valence-electron chi connectivity index (χ1n) is 10.3. The van der Waals surface area contributed by atoms with Crippen LogP contribution in [0, 0.1) is 12.3 Å². The predicted octanol–water partition coefficient (Wildman–Crippen LogP) is 4.30. The van der Waals surface area contributed by atoms with Crippen LogP contribution in [-0.4, -0.2) is 32.2 Å². The molecule has 0 radical (unpaired) electrons. The van der Waals surface area contributed by atoms with Gasteiger partial charge >= 0.3 is 0 Å². The number of amides is 1. The van der Waals surface area contributed by atoms with Crippen LogP contribution in [0.3, 0.4) is 0 Å². The van der Waals surface area contributed by atoms with Gasteiger partial charge in [-0.3, -0.25) is 4.79 Å². The summed E-state index contributed by atoms with van der Waals surface area (Å²) in [6.45, 7) is 3.23. The Morgan fingerprint density at radius 1 is 0.935 bits per heavy atom. The molecule has 1 heterocycles. The minimum absolute atomic E-state index is 0.142. The van der Waals surface area contributed by atoms with Gasteiger partial charge in [-0.05, 0) is 48.0 Å². The zero-order chi connectivity index (χ0) is 21.5. The van der Waals surface area contributed by atoms with Gasteiger partial charge in [-0.15, -0.1) is 6.42 Å². The largest absolute Gasteiger partial charge is 0.378 e. The van der Waals surface area contributed by atoms with E-state index in [-0.39, 0.29) is 5.91 Å². The van der Waals surface area contributed by atoms with E-state index < -0.39 is 6.04 Å². The lowest BCUT2D eigenvalue weighted by Crippen LogP contribution is -2.36. The molecule has 3 aromatic rings. The standard InChI is InChI=1S/C26H25N3O2/c1-2-20-7-6-10-23(19-20)27-25(21-8-4-3-5-9-21)26(30)28-22-11-13-24(14-12-22)29-15-17-31-18-16-29/h1,3-14,19,25,27H,15-18H2,(H,28,30). The third kappa shape index (κ3) is 5.25. The highest BCUT2D eigenvalue weighted by Gasteiger charge is 2.21. The molecular weight excluding hydrogens is 386 g/mol. The summed E-state index contributed by atoms with van der Waals surface area (Å²) in [5, 5.41) is 6.36. The highest BCUT2D eigenvalue weighted by molar-refractivity contribution is 5.97. The van der Waals surface area contributed by atoms with E-state index in [0.29, 0.717) is 0 Å². The smallest absolute Gasteiger partial charge is 0.251 e. The Morgan fingerprint density at radius 3 is 2.39 bits per heavy atom. The van der Waals surface area contributed by atoms with Crippen LogP contribution < -0.4 is 15.5 Å². The lowest BCUT2D eigenvalue weighted by molar-refractivity contribution is -0.117. The number of terminal acetylenes is 1. The molecule has 1 fully saturated rings. The first kappa shape index (κ1) is 20.5. The van der Waals surface area contributed by atoms with Crippen LogP contribution in [0.15, 0.2) is 78.9 Å². The molecule has 156 valence electrons. The van der Waals surface area contributed by atoms with Crippen LogP contribution in [0.4, 0.5) is 17.1 Å². The van der Waals surface area contributed by atoms with Crippen LogP contribution >= 0.6 is 0 Å². The Balaban J connectivity index is 1.51. The Hall–Kier alpha value is -3.75. The van der Waals surface area contributed by atoms with Crippen LogP contribution in [0.25, 0.3) is 0 Å². The Bertz CT molecular complexity index is 1050. The van der Waals surface area contributed by atoms with Crippen molar-refractivity contribution in [1.29, 1.82) is 0 Å². The average Bonchev–Trinajstić information content (AvgIpc) is 2.84. The highest BCUT2D eigenvalue weighted by atomic mass is 16.5. The van der Waals surface area contributed by atoms with Gasteiger partial charge in [-0.2, -0.15) is 0 Å². The number of morpholine rings is 1. The summed E-state index contributed by atoms with van der Waals surface area (Å²) < 4.78 is 5.41. The van der Waals surface area contributed by atoms with E-state index in [1.165, 1.54) is 0 Å². The summed E-state index contributed by atoms with van der Waals surface area (Å²) in [6.07, 6.45) is 5.52. The van der Waals surface area contributed by atoms with E-state index >= 15 is 0 Å². The fourth-order valence-electron chi connectivity index (χ4n) is 3.60. The van der Waals surface area contributed by atoms with Crippen LogP contribution in [0.1, 0.15) is 17.2 Å². The van der Waals surface area contributed by atoms with Crippen molar-refractivity contribution < 1.29 is 9.53 Å². The monoisotopic (exact) mass is 411 g/mol. The third-order valence-electron chi connectivity index (χ3n) is 5.25. The van der Waals surface area contributed by atoms with Gasteiger partial charge in [0.25, 0.3) is 5.91 Å². The number of nitrogens with one attached hydrogen (secondary N) is 2. The minimum Gasteiger partial charge on any atom is -0.378 e. The molecule has 2 N–H and O–H groups in total. The molecular formula is C26H25N3O2. The second-order valence-corrected chi connectivity index (χ2v) is 7.35. The molecule has 1 amide bonds. The van der Waals surface area contributed by atoms with Gasteiger partial charge in [0.15, 0.2) is 0 Å². The number of hydrogen-bond donors (Lipinski definition) is 2. The zero-order valence-electron chi connectivity index (χ0n) is 17.3. The topological polar surface area (TPSA) is 53.6 Å². The Kier molecular flexibility index (Phi) is 6.51. The van der Waals surface area contributed by atoms with Gasteiger partial charge in [-0.1, -0.05) is 42.3 Å². The summed E-state index contributed by atoms with van der Waals surface area (Å²) in [7, 11) is 0. The first-order chi connectivity index (χ1) is 15.2. The second-order valence-electron chi connectivity index (χ2n) is 7.35. The van der Waals surface area contributed by atoms with Crippen molar-refractivity contribution in [1.82, 2.24) is 0 Å². The van der Waals surface area contributed by atoms with Gasteiger partial charge in [0.1, 0.15) is 6.04 Å². The number of carbonyl (C=O) groups is 1.